The molecule has 0 aromatic heterocycles. The van der Waals surface area contributed by atoms with Crippen molar-refractivity contribution < 1.29 is 19.4 Å². The SMILES string of the molecule is CCCCC(C(=O)O)c1ccc(OC)c(OC)c1.NC1CCNCC1c1ccccc1. The number of nitrogens with one attached hydrogen (secondary N) is 1. The van der Waals surface area contributed by atoms with Crippen molar-refractivity contribution in [2.75, 3.05) is 27.3 Å². The number of hydrogen-bond donors (Lipinski definition) is 3. The Hall–Kier alpha value is -2.57. The molecule has 0 spiro atoms. The van der Waals surface area contributed by atoms with Crippen LogP contribution < -0.4 is 20.5 Å². The second-order valence-electron chi connectivity index (χ2n) is 7.82. The van der Waals surface area contributed by atoms with Gasteiger partial charge >= 0.3 is 5.97 Å². The highest BCUT2D eigenvalue weighted by atomic mass is 16.5. The molecular formula is C25H36N2O4. The number of piperidine rings is 1. The number of carbonyl (C=O) groups is 1. The molecule has 170 valence electrons. The molecule has 1 aliphatic heterocycles. The smallest absolute Gasteiger partial charge is 0.310 e. The number of aliphatic carboxylic acids is 1. The Morgan fingerprint density at radius 3 is 2.45 bits per heavy atom. The summed E-state index contributed by atoms with van der Waals surface area (Å²) in [5.74, 6) is 0.397. The summed E-state index contributed by atoms with van der Waals surface area (Å²) >= 11 is 0. The quantitative estimate of drug-likeness (QED) is 0.585. The molecule has 3 rings (SSSR count). The standard InChI is InChI=1S/C14H20O4.C11H16N2/c1-4-5-6-11(14(15)16)10-7-8-12(17-2)13(9-10)18-3;12-11-6-7-13-8-10(11)9-4-2-1-3-5-9/h7-9,11H,4-6H2,1-3H3,(H,15,16);1-5,10-11,13H,6-8,12H2. The molecule has 1 aliphatic rings. The number of methoxy groups -OCH3 is 2. The molecule has 2 aromatic rings. The van der Waals surface area contributed by atoms with Crippen molar-refractivity contribution in [2.24, 2.45) is 5.73 Å². The minimum atomic E-state index is -0.796. The van der Waals surface area contributed by atoms with Gasteiger partial charge in [-0.05, 0) is 42.6 Å². The van der Waals surface area contributed by atoms with Gasteiger partial charge in [0.25, 0.3) is 0 Å². The predicted octanol–water partition coefficient (Wildman–Crippen LogP) is 4.15. The highest BCUT2D eigenvalue weighted by molar-refractivity contribution is 5.76. The van der Waals surface area contributed by atoms with E-state index in [0.29, 0.717) is 29.9 Å². The third-order valence-corrected chi connectivity index (χ3v) is 5.72. The second-order valence-corrected chi connectivity index (χ2v) is 7.82. The molecule has 0 radical (unpaired) electrons. The maximum absolute atomic E-state index is 11.3. The molecule has 4 N–H and O–H groups in total. The molecule has 0 bridgehead atoms. The monoisotopic (exact) mass is 428 g/mol. The van der Waals surface area contributed by atoms with Crippen molar-refractivity contribution in [3.8, 4) is 11.5 Å². The first-order valence-electron chi connectivity index (χ1n) is 11.0. The van der Waals surface area contributed by atoms with E-state index >= 15 is 0 Å². The molecule has 1 saturated heterocycles. The highest BCUT2D eigenvalue weighted by Gasteiger charge is 2.22. The Morgan fingerprint density at radius 1 is 1.16 bits per heavy atom. The van der Waals surface area contributed by atoms with Crippen LogP contribution in [0.1, 0.15) is 55.6 Å². The first kappa shape index (κ1) is 24.7. The van der Waals surface area contributed by atoms with Gasteiger partial charge < -0.3 is 25.6 Å². The summed E-state index contributed by atoms with van der Waals surface area (Å²) in [7, 11) is 3.10. The van der Waals surface area contributed by atoms with Crippen molar-refractivity contribution in [1.82, 2.24) is 5.32 Å². The number of ether oxygens (including phenoxy) is 2. The minimum absolute atomic E-state index is 0.323. The summed E-state index contributed by atoms with van der Waals surface area (Å²) in [4.78, 5) is 11.3. The zero-order chi connectivity index (χ0) is 22.6. The Labute approximate surface area is 185 Å². The van der Waals surface area contributed by atoms with E-state index in [4.69, 9.17) is 15.2 Å². The van der Waals surface area contributed by atoms with Gasteiger partial charge in [0.05, 0.1) is 20.1 Å². The van der Waals surface area contributed by atoms with Gasteiger partial charge in [-0.25, -0.2) is 0 Å². The zero-order valence-electron chi connectivity index (χ0n) is 18.8. The number of carboxylic acid groups (broad SMARTS) is 1. The molecule has 6 heteroatoms. The van der Waals surface area contributed by atoms with Crippen LogP contribution in [-0.4, -0.2) is 44.4 Å². The fraction of sp³-hybridized carbons (Fsp3) is 0.480. The van der Waals surface area contributed by atoms with Gasteiger partial charge in [0.1, 0.15) is 0 Å². The van der Waals surface area contributed by atoms with Crippen LogP contribution in [0, 0.1) is 0 Å². The van der Waals surface area contributed by atoms with Crippen molar-refractivity contribution in [3.63, 3.8) is 0 Å². The number of rotatable bonds is 8. The van der Waals surface area contributed by atoms with E-state index in [1.54, 1.807) is 32.4 Å². The van der Waals surface area contributed by atoms with Crippen molar-refractivity contribution in [3.05, 3.63) is 59.7 Å². The third kappa shape index (κ3) is 7.26. The van der Waals surface area contributed by atoms with Gasteiger partial charge in [-0.1, -0.05) is 56.2 Å². The number of nitrogens with two attached hydrogens (primary N) is 1. The maximum atomic E-state index is 11.3. The molecule has 0 aliphatic carbocycles. The average Bonchev–Trinajstić information content (AvgIpc) is 2.80. The van der Waals surface area contributed by atoms with Crippen LogP contribution in [-0.2, 0) is 4.79 Å². The summed E-state index contributed by atoms with van der Waals surface area (Å²) in [5, 5.41) is 12.7. The topological polar surface area (TPSA) is 93.8 Å². The lowest BCUT2D eigenvalue weighted by molar-refractivity contribution is -0.139. The molecule has 6 nitrogen and oxygen atoms in total. The minimum Gasteiger partial charge on any atom is -0.493 e. The van der Waals surface area contributed by atoms with Gasteiger partial charge in [0.15, 0.2) is 11.5 Å². The molecular weight excluding hydrogens is 392 g/mol. The van der Waals surface area contributed by atoms with E-state index in [1.807, 2.05) is 13.0 Å². The first-order valence-corrected chi connectivity index (χ1v) is 11.0. The lowest BCUT2D eigenvalue weighted by Gasteiger charge is -2.29. The molecule has 2 aromatic carbocycles. The van der Waals surface area contributed by atoms with E-state index in [1.165, 1.54) is 5.56 Å². The number of hydrogen-bond acceptors (Lipinski definition) is 5. The fourth-order valence-electron chi connectivity index (χ4n) is 3.85. The molecule has 1 heterocycles. The van der Waals surface area contributed by atoms with Gasteiger partial charge in [0.2, 0.25) is 0 Å². The molecule has 3 unspecified atom stereocenters. The normalized spacial score (nSPS) is 19.0. The maximum Gasteiger partial charge on any atom is 0.310 e. The number of unbranched alkanes of at least 4 members (excludes halogenated alkanes) is 1. The first-order chi connectivity index (χ1) is 15.0. The van der Waals surface area contributed by atoms with Crippen LogP contribution in [0.3, 0.4) is 0 Å². The van der Waals surface area contributed by atoms with E-state index in [2.05, 4.69) is 29.6 Å². The van der Waals surface area contributed by atoms with E-state index in [9.17, 15) is 9.90 Å². The third-order valence-electron chi connectivity index (χ3n) is 5.72. The Kier molecular flexibility index (Phi) is 10.3. The molecule has 1 fully saturated rings. The van der Waals surface area contributed by atoms with Crippen LogP contribution in [0.25, 0.3) is 0 Å². The van der Waals surface area contributed by atoms with Crippen LogP contribution in [0.4, 0.5) is 0 Å². The van der Waals surface area contributed by atoms with Gasteiger partial charge in [-0.15, -0.1) is 0 Å². The van der Waals surface area contributed by atoms with Crippen LogP contribution in [0.5, 0.6) is 11.5 Å². The Bertz CT molecular complexity index is 797. The Morgan fingerprint density at radius 2 is 1.87 bits per heavy atom. The van der Waals surface area contributed by atoms with Crippen molar-refractivity contribution in [2.45, 2.75) is 50.5 Å². The molecule has 0 saturated carbocycles. The van der Waals surface area contributed by atoms with Crippen molar-refractivity contribution in [1.29, 1.82) is 0 Å². The lowest BCUT2D eigenvalue weighted by atomic mass is 9.88. The lowest BCUT2D eigenvalue weighted by Crippen LogP contribution is -2.43. The predicted molar refractivity (Wildman–Crippen MR) is 124 cm³/mol. The average molecular weight is 429 g/mol. The largest absolute Gasteiger partial charge is 0.493 e. The molecule has 3 atom stereocenters. The van der Waals surface area contributed by atoms with Crippen LogP contribution in [0.15, 0.2) is 48.5 Å². The van der Waals surface area contributed by atoms with Crippen LogP contribution >= 0.6 is 0 Å². The molecule has 0 amide bonds. The summed E-state index contributed by atoms with van der Waals surface area (Å²) in [6.07, 6.45) is 3.60. The Balaban J connectivity index is 0.000000231. The van der Waals surface area contributed by atoms with Gasteiger partial charge in [-0.2, -0.15) is 0 Å². The number of carboxylic acids is 1. The van der Waals surface area contributed by atoms with Gasteiger partial charge in [-0.3, -0.25) is 4.79 Å². The van der Waals surface area contributed by atoms with E-state index in [0.717, 1.165) is 37.9 Å². The van der Waals surface area contributed by atoms with Crippen LogP contribution in [0.2, 0.25) is 0 Å². The van der Waals surface area contributed by atoms with E-state index < -0.39 is 11.9 Å². The fourth-order valence-corrected chi connectivity index (χ4v) is 3.85. The van der Waals surface area contributed by atoms with E-state index in [-0.39, 0.29) is 0 Å². The summed E-state index contributed by atoms with van der Waals surface area (Å²) in [6.45, 7) is 4.13. The van der Waals surface area contributed by atoms with Gasteiger partial charge in [0, 0.05) is 18.5 Å². The molecule has 31 heavy (non-hydrogen) atoms. The second kappa shape index (κ2) is 13.0. The van der Waals surface area contributed by atoms with Crippen molar-refractivity contribution >= 4 is 5.97 Å². The zero-order valence-corrected chi connectivity index (χ0v) is 18.8. The summed E-state index contributed by atoms with van der Waals surface area (Å²) in [6, 6.07) is 16.1. The summed E-state index contributed by atoms with van der Waals surface area (Å²) in [5.41, 5.74) is 8.19. The highest BCUT2D eigenvalue weighted by Crippen LogP contribution is 2.32. The number of benzene rings is 2. The summed E-state index contributed by atoms with van der Waals surface area (Å²) < 4.78 is 10.3.